The Kier molecular flexibility index (Phi) is 4.92. The normalized spacial score (nSPS) is 14.4. The minimum atomic E-state index is 0.336. The maximum Gasteiger partial charge on any atom is 0.0965 e. The van der Waals surface area contributed by atoms with Crippen LogP contribution in [0.3, 0.4) is 0 Å². The number of hydrogen-bond acceptors (Lipinski definition) is 3. The van der Waals surface area contributed by atoms with Gasteiger partial charge in [0.2, 0.25) is 0 Å². The van der Waals surface area contributed by atoms with Gasteiger partial charge in [0.1, 0.15) is 0 Å². The van der Waals surface area contributed by atoms with Crippen molar-refractivity contribution in [3.05, 3.63) is 50.9 Å². The van der Waals surface area contributed by atoms with Crippen LogP contribution in [-0.4, -0.2) is 11.5 Å². The van der Waals surface area contributed by atoms with Crippen LogP contribution in [0.5, 0.6) is 0 Å². The molecule has 18 heavy (non-hydrogen) atoms. The van der Waals surface area contributed by atoms with Crippen molar-refractivity contribution in [3.63, 3.8) is 0 Å². The lowest BCUT2D eigenvalue weighted by Crippen LogP contribution is -2.23. The number of halogens is 1. The predicted molar refractivity (Wildman–Crippen MR) is 81.1 cm³/mol. The molecule has 2 aromatic rings. The average molecular weight is 325 g/mol. The number of hydrogen-bond donors (Lipinski definition) is 1. The number of nitrogens with zero attached hydrogens (tertiary/aromatic N) is 1. The highest BCUT2D eigenvalue weighted by Crippen LogP contribution is 2.24. The van der Waals surface area contributed by atoms with Gasteiger partial charge in [0.25, 0.3) is 0 Å². The smallest absolute Gasteiger partial charge is 0.0965 e. The molecule has 0 aliphatic heterocycles. The van der Waals surface area contributed by atoms with E-state index in [-0.39, 0.29) is 0 Å². The van der Waals surface area contributed by atoms with Crippen molar-refractivity contribution < 1.29 is 0 Å². The zero-order valence-electron chi connectivity index (χ0n) is 10.6. The molecule has 0 amide bonds. The Morgan fingerprint density at radius 1 is 1.33 bits per heavy atom. The zero-order chi connectivity index (χ0) is 13.0. The molecule has 2 atom stereocenters. The molecule has 0 spiro atoms. The molecule has 1 aromatic carbocycles. The molecular weight excluding hydrogens is 308 g/mol. The van der Waals surface area contributed by atoms with Gasteiger partial charge in [-0.15, -0.1) is 11.3 Å². The van der Waals surface area contributed by atoms with Gasteiger partial charge in [0.05, 0.1) is 5.01 Å². The molecule has 0 saturated heterocycles. The van der Waals surface area contributed by atoms with Gasteiger partial charge in [-0.2, -0.15) is 0 Å². The summed E-state index contributed by atoms with van der Waals surface area (Å²) < 4.78 is 1.16. The fraction of sp³-hybridized carbons (Fsp3) is 0.357. The standard InChI is InChI=1S/C14H17BrN2S/c1-10(14-16-7-8-18-14)9-17-11(2)12-5-3-4-6-13(12)15/h3-8,10-11,17H,9H2,1-2H3. The largest absolute Gasteiger partial charge is 0.309 e. The minimum absolute atomic E-state index is 0.336. The number of aromatic nitrogens is 1. The van der Waals surface area contributed by atoms with Crippen molar-refractivity contribution >= 4 is 27.3 Å². The van der Waals surface area contributed by atoms with Crippen LogP contribution >= 0.6 is 27.3 Å². The van der Waals surface area contributed by atoms with Crippen LogP contribution in [0.1, 0.15) is 36.4 Å². The van der Waals surface area contributed by atoms with E-state index in [4.69, 9.17) is 0 Å². The number of rotatable bonds is 5. The van der Waals surface area contributed by atoms with Crippen molar-refractivity contribution in [3.8, 4) is 0 Å². The fourth-order valence-electron chi connectivity index (χ4n) is 1.85. The highest BCUT2D eigenvalue weighted by atomic mass is 79.9. The van der Waals surface area contributed by atoms with Crippen molar-refractivity contribution in [2.24, 2.45) is 0 Å². The summed E-state index contributed by atoms with van der Waals surface area (Å²) in [5, 5.41) is 6.79. The first kappa shape index (κ1) is 13.7. The van der Waals surface area contributed by atoms with E-state index in [0.29, 0.717) is 12.0 Å². The van der Waals surface area contributed by atoms with Crippen LogP contribution in [0.2, 0.25) is 0 Å². The van der Waals surface area contributed by atoms with E-state index >= 15 is 0 Å². The second-order valence-electron chi connectivity index (χ2n) is 4.42. The molecular formula is C14H17BrN2S. The monoisotopic (exact) mass is 324 g/mol. The molecule has 1 N–H and O–H groups in total. The Hall–Kier alpha value is -0.710. The summed E-state index contributed by atoms with van der Waals surface area (Å²) in [4.78, 5) is 4.35. The Balaban J connectivity index is 1.93. The van der Waals surface area contributed by atoms with Gasteiger partial charge in [-0.25, -0.2) is 4.98 Å². The first-order chi connectivity index (χ1) is 8.68. The lowest BCUT2D eigenvalue weighted by atomic mass is 10.1. The van der Waals surface area contributed by atoms with Crippen LogP contribution in [-0.2, 0) is 0 Å². The SMILES string of the molecule is CC(CNC(C)c1ccccc1Br)c1nccs1. The fourth-order valence-corrected chi connectivity index (χ4v) is 3.18. The van der Waals surface area contributed by atoms with E-state index in [9.17, 15) is 0 Å². The van der Waals surface area contributed by atoms with Gasteiger partial charge in [0, 0.05) is 34.6 Å². The third-order valence-electron chi connectivity index (χ3n) is 2.97. The van der Waals surface area contributed by atoms with Gasteiger partial charge in [0.15, 0.2) is 0 Å². The van der Waals surface area contributed by atoms with Crippen LogP contribution in [0.4, 0.5) is 0 Å². The third-order valence-corrected chi connectivity index (χ3v) is 4.70. The Morgan fingerprint density at radius 3 is 2.78 bits per heavy atom. The van der Waals surface area contributed by atoms with Gasteiger partial charge in [-0.3, -0.25) is 0 Å². The molecule has 2 unspecified atom stereocenters. The first-order valence-electron chi connectivity index (χ1n) is 6.05. The topological polar surface area (TPSA) is 24.9 Å². The van der Waals surface area contributed by atoms with Crippen molar-refractivity contribution in [1.29, 1.82) is 0 Å². The second kappa shape index (κ2) is 6.45. The Morgan fingerprint density at radius 2 is 2.11 bits per heavy atom. The summed E-state index contributed by atoms with van der Waals surface area (Å²) in [6.07, 6.45) is 1.87. The van der Waals surface area contributed by atoms with E-state index in [1.165, 1.54) is 10.6 Å². The molecule has 1 aromatic heterocycles. The number of benzene rings is 1. The van der Waals surface area contributed by atoms with Gasteiger partial charge < -0.3 is 5.32 Å². The highest BCUT2D eigenvalue weighted by Gasteiger charge is 2.12. The molecule has 0 bridgehead atoms. The van der Waals surface area contributed by atoms with E-state index < -0.39 is 0 Å². The second-order valence-corrected chi connectivity index (χ2v) is 6.20. The molecule has 0 radical (unpaired) electrons. The summed E-state index contributed by atoms with van der Waals surface area (Å²) in [5.41, 5.74) is 1.30. The molecule has 96 valence electrons. The van der Waals surface area contributed by atoms with Crippen LogP contribution in [0, 0.1) is 0 Å². The van der Waals surface area contributed by atoms with Gasteiger partial charge >= 0.3 is 0 Å². The van der Waals surface area contributed by atoms with E-state index in [0.717, 1.165) is 11.0 Å². The van der Waals surface area contributed by atoms with Gasteiger partial charge in [-0.05, 0) is 18.6 Å². The first-order valence-corrected chi connectivity index (χ1v) is 7.73. The maximum absolute atomic E-state index is 4.35. The lowest BCUT2D eigenvalue weighted by molar-refractivity contribution is 0.535. The molecule has 0 saturated carbocycles. The molecule has 2 rings (SSSR count). The van der Waals surface area contributed by atoms with Crippen LogP contribution in [0.15, 0.2) is 40.3 Å². The molecule has 1 heterocycles. The third kappa shape index (κ3) is 3.40. The Bertz CT molecular complexity index is 484. The highest BCUT2D eigenvalue weighted by molar-refractivity contribution is 9.10. The summed E-state index contributed by atoms with van der Waals surface area (Å²) >= 11 is 5.31. The van der Waals surface area contributed by atoms with E-state index in [1.807, 2.05) is 17.6 Å². The van der Waals surface area contributed by atoms with Crippen LogP contribution in [0.25, 0.3) is 0 Å². The van der Waals surface area contributed by atoms with Gasteiger partial charge in [-0.1, -0.05) is 41.1 Å². The zero-order valence-corrected chi connectivity index (χ0v) is 13.0. The van der Waals surface area contributed by atoms with Crippen molar-refractivity contribution in [2.45, 2.75) is 25.8 Å². The number of nitrogens with one attached hydrogen (secondary N) is 1. The lowest BCUT2D eigenvalue weighted by Gasteiger charge is -2.18. The quantitative estimate of drug-likeness (QED) is 0.883. The van der Waals surface area contributed by atoms with E-state index in [2.05, 4.69) is 58.3 Å². The van der Waals surface area contributed by atoms with Crippen LogP contribution < -0.4 is 5.32 Å². The van der Waals surface area contributed by atoms with Crippen molar-refractivity contribution in [1.82, 2.24) is 10.3 Å². The maximum atomic E-state index is 4.35. The molecule has 2 nitrogen and oxygen atoms in total. The summed E-state index contributed by atoms with van der Waals surface area (Å²) in [6, 6.07) is 8.68. The Labute approximate surface area is 121 Å². The number of thiazole rings is 1. The molecule has 0 fully saturated rings. The molecule has 4 heteroatoms. The molecule has 0 aliphatic rings. The summed E-state index contributed by atoms with van der Waals surface area (Å²) in [7, 11) is 0. The van der Waals surface area contributed by atoms with E-state index in [1.54, 1.807) is 11.3 Å². The minimum Gasteiger partial charge on any atom is -0.309 e. The molecule has 0 aliphatic carbocycles. The summed E-state index contributed by atoms with van der Waals surface area (Å²) in [6.45, 7) is 5.34. The summed E-state index contributed by atoms with van der Waals surface area (Å²) in [5.74, 6) is 0.454. The predicted octanol–water partition coefficient (Wildman–Crippen LogP) is 4.36. The average Bonchev–Trinajstić information content (AvgIpc) is 2.90. The van der Waals surface area contributed by atoms with Crippen molar-refractivity contribution in [2.75, 3.05) is 6.54 Å².